The molecule has 0 fully saturated rings. The molecule has 5 nitrogen and oxygen atoms in total. The summed E-state index contributed by atoms with van der Waals surface area (Å²) < 4.78 is 16.9. The fourth-order valence-corrected chi connectivity index (χ4v) is 3.72. The fourth-order valence-electron chi connectivity index (χ4n) is 3.58. The first-order valence-corrected chi connectivity index (χ1v) is 12.2. The van der Waals surface area contributed by atoms with Gasteiger partial charge >= 0.3 is 0 Å². The molecule has 0 bridgehead atoms. The Morgan fingerprint density at radius 3 is 2.40 bits per heavy atom. The summed E-state index contributed by atoms with van der Waals surface area (Å²) in [7, 11) is 1.64. The number of anilines is 1. The maximum Gasteiger partial charge on any atom is 0.248 e. The molecule has 6 heteroatoms. The summed E-state index contributed by atoms with van der Waals surface area (Å²) in [6, 6.07) is 19.3. The number of benzene rings is 3. The van der Waals surface area contributed by atoms with Crippen LogP contribution < -0.4 is 14.8 Å². The van der Waals surface area contributed by atoms with Crippen LogP contribution in [0.2, 0.25) is 0 Å². The van der Waals surface area contributed by atoms with Gasteiger partial charge in [-0.25, -0.2) is 0 Å². The van der Waals surface area contributed by atoms with Crippen molar-refractivity contribution in [3.05, 3.63) is 77.9 Å². The molecule has 3 rings (SSSR count). The number of hydrogen-bond acceptors (Lipinski definition) is 5. The van der Waals surface area contributed by atoms with Gasteiger partial charge in [0.25, 0.3) is 0 Å². The molecule has 0 spiro atoms. The van der Waals surface area contributed by atoms with Crippen LogP contribution in [-0.2, 0) is 9.53 Å². The fraction of sp³-hybridized carbons (Fsp3) is 0.276. The van der Waals surface area contributed by atoms with E-state index in [0.717, 1.165) is 58.1 Å². The SMILES string of the molecule is CCCCOCCOc1ccc(-c2cc(C)c(OC)c(/C=C/C(=O)Nc3ccc(S)cc3)c2)cc1. The first-order valence-electron chi connectivity index (χ1n) is 11.8. The van der Waals surface area contributed by atoms with Crippen molar-refractivity contribution in [3.8, 4) is 22.6 Å². The van der Waals surface area contributed by atoms with E-state index in [2.05, 4.69) is 30.9 Å². The van der Waals surface area contributed by atoms with E-state index in [1.54, 1.807) is 13.2 Å². The highest BCUT2D eigenvalue weighted by molar-refractivity contribution is 7.80. The van der Waals surface area contributed by atoms with Crippen LogP contribution in [-0.4, -0.2) is 32.8 Å². The van der Waals surface area contributed by atoms with Crippen molar-refractivity contribution in [1.29, 1.82) is 0 Å². The quantitative estimate of drug-likeness (QED) is 0.166. The molecule has 0 aliphatic rings. The normalized spacial score (nSPS) is 11.0. The number of carbonyl (C=O) groups is 1. The summed E-state index contributed by atoms with van der Waals surface area (Å²) in [5.41, 5.74) is 4.60. The topological polar surface area (TPSA) is 56.8 Å². The van der Waals surface area contributed by atoms with Crippen LogP contribution in [0.3, 0.4) is 0 Å². The number of nitrogens with one attached hydrogen (secondary N) is 1. The van der Waals surface area contributed by atoms with Gasteiger partial charge in [-0.3, -0.25) is 4.79 Å². The van der Waals surface area contributed by atoms with Gasteiger partial charge in [0.15, 0.2) is 0 Å². The average Bonchev–Trinajstić information content (AvgIpc) is 2.86. The Morgan fingerprint density at radius 2 is 1.71 bits per heavy atom. The average molecular weight is 492 g/mol. The van der Waals surface area contributed by atoms with Crippen molar-refractivity contribution in [2.45, 2.75) is 31.6 Å². The van der Waals surface area contributed by atoms with Crippen LogP contribution in [0.5, 0.6) is 11.5 Å². The molecular weight excluding hydrogens is 458 g/mol. The summed E-state index contributed by atoms with van der Waals surface area (Å²) in [6.07, 6.45) is 5.48. The monoisotopic (exact) mass is 491 g/mol. The minimum Gasteiger partial charge on any atom is -0.496 e. The summed E-state index contributed by atoms with van der Waals surface area (Å²) in [6.45, 7) is 6.03. The van der Waals surface area contributed by atoms with Crippen molar-refractivity contribution < 1.29 is 19.0 Å². The lowest BCUT2D eigenvalue weighted by atomic mass is 9.98. The first-order chi connectivity index (χ1) is 17.0. The van der Waals surface area contributed by atoms with E-state index in [1.807, 2.05) is 61.5 Å². The lowest BCUT2D eigenvalue weighted by molar-refractivity contribution is -0.111. The van der Waals surface area contributed by atoms with Gasteiger partial charge in [0, 0.05) is 28.8 Å². The lowest BCUT2D eigenvalue weighted by Crippen LogP contribution is -2.07. The number of hydrogen-bond donors (Lipinski definition) is 2. The molecule has 184 valence electrons. The number of carbonyl (C=O) groups excluding carboxylic acids is 1. The number of methoxy groups -OCH3 is 1. The zero-order valence-electron chi connectivity index (χ0n) is 20.5. The van der Waals surface area contributed by atoms with Crippen LogP contribution >= 0.6 is 12.6 Å². The molecule has 0 radical (unpaired) electrons. The zero-order chi connectivity index (χ0) is 25.0. The standard InChI is InChI=1S/C29H33NO4S/c1-4-5-16-33-17-18-34-26-11-6-22(7-12-26)24-19-21(2)29(32-3)23(20-24)8-15-28(31)30-25-9-13-27(35)14-10-25/h6-15,19-20,35H,4-5,16-18H2,1-3H3,(H,30,31)/b15-8+. The van der Waals surface area contributed by atoms with E-state index in [4.69, 9.17) is 14.2 Å². The number of unbranched alkanes of at least 4 members (excludes halogenated alkanes) is 1. The van der Waals surface area contributed by atoms with Crippen molar-refractivity contribution in [3.63, 3.8) is 0 Å². The molecule has 0 saturated heterocycles. The third-order valence-corrected chi connectivity index (χ3v) is 5.68. The smallest absolute Gasteiger partial charge is 0.248 e. The van der Waals surface area contributed by atoms with Crippen LogP contribution in [0, 0.1) is 6.92 Å². The summed E-state index contributed by atoms with van der Waals surface area (Å²) in [4.78, 5) is 13.3. The van der Waals surface area contributed by atoms with Crippen molar-refractivity contribution in [1.82, 2.24) is 0 Å². The number of rotatable bonds is 12. The molecule has 0 aliphatic heterocycles. The number of thiol groups is 1. The third kappa shape index (κ3) is 8.19. The highest BCUT2D eigenvalue weighted by Crippen LogP contribution is 2.32. The van der Waals surface area contributed by atoms with E-state index < -0.39 is 0 Å². The minimum absolute atomic E-state index is 0.220. The molecule has 0 aliphatic carbocycles. The van der Waals surface area contributed by atoms with Crippen molar-refractivity contribution >= 4 is 30.3 Å². The number of aryl methyl sites for hydroxylation is 1. The Morgan fingerprint density at radius 1 is 0.971 bits per heavy atom. The van der Waals surface area contributed by atoms with Gasteiger partial charge in [-0.1, -0.05) is 25.5 Å². The Kier molecular flexibility index (Phi) is 10.3. The van der Waals surface area contributed by atoms with Gasteiger partial charge in [-0.2, -0.15) is 0 Å². The largest absolute Gasteiger partial charge is 0.496 e. The second kappa shape index (κ2) is 13.6. The van der Waals surface area contributed by atoms with E-state index in [0.29, 0.717) is 18.9 Å². The molecule has 0 heterocycles. The molecular formula is C29H33NO4S. The van der Waals surface area contributed by atoms with E-state index in [-0.39, 0.29) is 5.91 Å². The summed E-state index contributed by atoms with van der Waals surface area (Å²) >= 11 is 4.26. The predicted octanol–water partition coefficient (Wildman–Crippen LogP) is 6.81. The van der Waals surface area contributed by atoms with Crippen molar-refractivity contribution in [2.24, 2.45) is 0 Å². The molecule has 0 aromatic heterocycles. The second-order valence-corrected chi connectivity index (χ2v) is 8.64. The van der Waals surface area contributed by atoms with E-state index in [9.17, 15) is 4.79 Å². The van der Waals surface area contributed by atoms with Crippen molar-refractivity contribution in [2.75, 3.05) is 32.2 Å². The Balaban J connectivity index is 1.68. The van der Waals surface area contributed by atoms with E-state index >= 15 is 0 Å². The van der Waals surface area contributed by atoms with Crippen LogP contribution in [0.15, 0.2) is 71.6 Å². The molecule has 0 saturated carbocycles. The van der Waals surface area contributed by atoms with Gasteiger partial charge in [0.2, 0.25) is 5.91 Å². The van der Waals surface area contributed by atoms with Gasteiger partial charge in [0.05, 0.1) is 13.7 Å². The molecule has 1 N–H and O–H groups in total. The van der Waals surface area contributed by atoms with Gasteiger partial charge in [-0.05, 0) is 84.6 Å². The van der Waals surface area contributed by atoms with Crippen LogP contribution in [0.1, 0.15) is 30.9 Å². The van der Waals surface area contributed by atoms with Gasteiger partial charge < -0.3 is 19.5 Å². The lowest BCUT2D eigenvalue weighted by Gasteiger charge is -2.13. The molecule has 0 unspecified atom stereocenters. The Bertz CT molecular complexity index is 1120. The summed E-state index contributed by atoms with van der Waals surface area (Å²) in [5.74, 6) is 1.32. The molecule has 0 atom stereocenters. The Hall–Kier alpha value is -3.22. The second-order valence-electron chi connectivity index (χ2n) is 8.12. The molecule has 1 amide bonds. The highest BCUT2D eigenvalue weighted by atomic mass is 32.1. The minimum atomic E-state index is -0.220. The third-order valence-electron chi connectivity index (χ3n) is 5.38. The maximum absolute atomic E-state index is 12.4. The highest BCUT2D eigenvalue weighted by Gasteiger charge is 2.09. The van der Waals surface area contributed by atoms with Gasteiger partial charge in [0.1, 0.15) is 18.1 Å². The number of amides is 1. The number of ether oxygens (including phenoxy) is 3. The maximum atomic E-state index is 12.4. The van der Waals surface area contributed by atoms with Gasteiger partial charge in [-0.15, -0.1) is 12.6 Å². The van der Waals surface area contributed by atoms with E-state index in [1.165, 1.54) is 6.08 Å². The molecule has 3 aromatic rings. The molecule has 3 aromatic carbocycles. The molecule has 35 heavy (non-hydrogen) atoms. The summed E-state index contributed by atoms with van der Waals surface area (Å²) in [5, 5.41) is 2.85. The van der Waals surface area contributed by atoms with Crippen LogP contribution in [0.25, 0.3) is 17.2 Å². The zero-order valence-corrected chi connectivity index (χ0v) is 21.4. The van der Waals surface area contributed by atoms with Crippen LogP contribution in [0.4, 0.5) is 5.69 Å². The Labute approximate surface area is 213 Å². The predicted molar refractivity (Wildman–Crippen MR) is 146 cm³/mol. The first kappa shape index (κ1) is 26.4.